The van der Waals surface area contributed by atoms with Gasteiger partial charge in [-0.15, -0.1) is 0 Å². The van der Waals surface area contributed by atoms with Gasteiger partial charge in [0.15, 0.2) is 0 Å². The van der Waals surface area contributed by atoms with Gasteiger partial charge in [-0.1, -0.05) is 91.0 Å². The highest BCUT2D eigenvalue weighted by molar-refractivity contribution is 6.10. The highest BCUT2D eigenvalue weighted by Crippen LogP contribution is 2.40. The van der Waals surface area contributed by atoms with Gasteiger partial charge in [0, 0.05) is 50.2 Å². The second-order valence-electron chi connectivity index (χ2n) is 12.7. The Labute approximate surface area is 294 Å². The third-order valence-electron chi connectivity index (χ3n) is 9.92. The summed E-state index contributed by atoms with van der Waals surface area (Å²) >= 11 is 0. The average Bonchev–Trinajstić information content (AvgIpc) is 3.69. The van der Waals surface area contributed by atoms with Crippen molar-refractivity contribution in [2.75, 3.05) is 0 Å². The number of fused-ring (bicyclic) bond motifs is 6. The van der Waals surface area contributed by atoms with Gasteiger partial charge in [-0.3, -0.25) is 0 Å². The summed E-state index contributed by atoms with van der Waals surface area (Å²) in [6.45, 7) is 0.673. The van der Waals surface area contributed by atoms with Gasteiger partial charge in [0.2, 0.25) is 0 Å². The summed E-state index contributed by atoms with van der Waals surface area (Å²) in [7, 11) is 0. The first-order valence-corrected chi connectivity index (χ1v) is 16.7. The molecule has 236 valence electrons. The number of nitriles is 3. The van der Waals surface area contributed by atoms with Gasteiger partial charge in [-0.05, 0) is 77.4 Å². The predicted octanol–water partition coefficient (Wildman–Crippen LogP) is 10.9. The average molecular weight is 650 g/mol. The number of para-hydroxylation sites is 3. The molecule has 0 aliphatic heterocycles. The van der Waals surface area contributed by atoms with Gasteiger partial charge in [0.05, 0.1) is 51.6 Å². The molecule has 0 N–H and O–H groups in total. The predicted molar refractivity (Wildman–Crippen MR) is 204 cm³/mol. The largest absolute Gasteiger partial charge is 0.336 e. The zero-order valence-electron chi connectivity index (χ0n) is 27.4. The first kappa shape index (κ1) is 29.7. The summed E-state index contributed by atoms with van der Waals surface area (Å²) in [4.78, 5) is 0. The van der Waals surface area contributed by atoms with Gasteiger partial charge in [-0.2, -0.15) is 15.8 Å². The summed E-state index contributed by atoms with van der Waals surface area (Å²) in [6.07, 6.45) is 0. The molecule has 2 heterocycles. The minimum atomic E-state index is 0.506. The summed E-state index contributed by atoms with van der Waals surface area (Å²) in [6, 6.07) is 58.1. The summed E-state index contributed by atoms with van der Waals surface area (Å²) in [5.41, 5.74) is 11.4. The normalized spacial score (nSPS) is 11.2. The van der Waals surface area contributed by atoms with Crippen LogP contribution >= 0.6 is 0 Å². The van der Waals surface area contributed by atoms with Crippen molar-refractivity contribution in [3.8, 4) is 46.1 Å². The van der Waals surface area contributed by atoms with Crippen LogP contribution in [0.25, 0.3) is 71.6 Å². The highest BCUT2D eigenvalue weighted by Gasteiger charge is 2.20. The molecule has 0 fully saturated rings. The standard InChI is InChI=1S/C46H27N5/c47-26-31-18-23-42-40(24-31)38-11-1-4-12-41(38)50(42)29-30-16-19-32(20-17-30)33-21-22-34(27-48)39(25-33)46-35(28-49)8-7-15-45(46)51-43-13-5-2-9-36(43)37-10-3-6-14-44(37)51/h1-25H,29H2. The van der Waals surface area contributed by atoms with Crippen molar-refractivity contribution in [2.24, 2.45) is 0 Å². The molecule has 0 aliphatic carbocycles. The lowest BCUT2D eigenvalue weighted by Crippen LogP contribution is -2.01. The van der Waals surface area contributed by atoms with E-state index in [1.807, 2.05) is 91.0 Å². The van der Waals surface area contributed by atoms with Crippen molar-refractivity contribution in [3.05, 3.63) is 174 Å². The Bertz CT molecular complexity index is 2920. The van der Waals surface area contributed by atoms with E-state index in [1.54, 1.807) is 0 Å². The topological polar surface area (TPSA) is 81.2 Å². The van der Waals surface area contributed by atoms with Gasteiger partial charge < -0.3 is 9.13 Å². The molecule has 0 atom stereocenters. The molecular weight excluding hydrogens is 623 g/mol. The fourth-order valence-corrected chi connectivity index (χ4v) is 7.59. The number of hydrogen-bond acceptors (Lipinski definition) is 3. The van der Waals surface area contributed by atoms with Gasteiger partial charge in [0.1, 0.15) is 0 Å². The Morgan fingerprint density at radius 1 is 0.451 bits per heavy atom. The number of rotatable bonds is 5. The van der Waals surface area contributed by atoms with Gasteiger partial charge in [0.25, 0.3) is 0 Å². The first-order valence-electron chi connectivity index (χ1n) is 16.7. The summed E-state index contributed by atoms with van der Waals surface area (Å²) in [5.74, 6) is 0. The second kappa shape index (κ2) is 11.9. The van der Waals surface area contributed by atoms with E-state index in [1.165, 1.54) is 0 Å². The molecule has 0 saturated carbocycles. The lowest BCUT2D eigenvalue weighted by Gasteiger charge is -2.17. The van der Waals surface area contributed by atoms with Crippen LogP contribution in [0.1, 0.15) is 22.3 Å². The van der Waals surface area contributed by atoms with Crippen LogP contribution in [-0.4, -0.2) is 9.13 Å². The van der Waals surface area contributed by atoms with E-state index in [0.29, 0.717) is 23.2 Å². The molecule has 0 amide bonds. The highest BCUT2D eigenvalue weighted by atomic mass is 15.0. The van der Waals surface area contributed by atoms with E-state index in [-0.39, 0.29) is 0 Å². The molecule has 5 heteroatoms. The molecule has 0 spiro atoms. The zero-order valence-corrected chi connectivity index (χ0v) is 27.4. The van der Waals surface area contributed by atoms with Crippen molar-refractivity contribution in [1.29, 1.82) is 15.8 Å². The molecule has 9 rings (SSSR count). The fourth-order valence-electron chi connectivity index (χ4n) is 7.59. The Balaban J connectivity index is 1.15. The van der Waals surface area contributed by atoms with E-state index in [9.17, 15) is 15.8 Å². The van der Waals surface area contributed by atoms with E-state index in [4.69, 9.17) is 0 Å². The van der Waals surface area contributed by atoms with Crippen LogP contribution in [-0.2, 0) is 6.54 Å². The molecular formula is C46H27N5. The fraction of sp³-hybridized carbons (Fsp3) is 0.0217. The minimum absolute atomic E-state index is 0.506. The van der Waals surface area contributed by atoms with Crippen LogP contribution in [0.15, 0.2) is 152 Å². The third kappa shape index (κ3) is 4.75. The van der Waals surface area contributed by atoms with Crippen molar-refractivity contribution in [2.45, 2.75) is 6.54 Å². The van der Waals surface area contributed by atoms with E-state index < -0.39 is 0 Å². The van der Waals surface area contributed by atoms with Crippen molar-refractivity contribution in [1.82, 2.24) is 9.13 Å². The molecule has 0 aliphatic rings. The molecule has 0 radical (unpaired) electrons. The monoisotopic (exact) mass is 649 g/mol. The second-order valence-corrected chi connectivity index (χ2v) is 12.7. The maximum absolute atomic E-state index is 10.4. The minimum Gasteiger partial charge on any atom is -0.336 e. The number of hydrogen-bond donors (Lipinski definition) is 0. The van der Waals surface area contributed by atoms with E-state index in [2.05, 4.69) is 88.0 Å². The third-order valence-corrected chi connectivity index (χ3v) is 9.92. The van der Waals surface area contributed by atoms with Gasteiger partial charge >= 0.3 is 0 Å². The quantitative estimate of drug-likeness (QED) is 0.186. The lowest BCUT2D eigenvalue weighted by molar-refractivity contribution is 0.869. The smallest absolute Gasteiger partial charge is 0.0998 e. The summed E-state index contributed by atoms with van der Waals surface area (Å²) < 4.78 is 4.51. The number of benzene rings is 7. The van der Waals surface area contributed by atoms with Crippen molar-refractivity contribution in [3.63, 3.8) is 0 Å². The molecule has 0 unspecified atom stereocenters. The Kier molecular flexibility index (Phi) is 6.96. The van der Waals surface area contributed by atoms with E-state index in [0.717, 1.165) is 77.1 Å². The Morgan fingerprint density at radius 2 is 1.06 bits per heavy atom. The SMILES string of the molecule is N#Cc1ccc2c(c1)c1ccccc1n2Cc1ccc(-c2ccc(C#N)c(-c3c(C#N)cccc3-n3c4ccccc4c4ccccc43)c2)cc1. The molecule has 5 nitrogen and oxygen atoms in total. The maximum atomic E-state index is 10.4. The lowest BCUT2D eigenvalue weighted by atomic mass is 9.91. The van der Waals surface area contributed by atoms with Crippen LogP contribution in [0.3, 0.4) is 0 Å². The molecule has 0 saturated heterocycles. The molecule has 2 aromatic heterocycles. The van der Waals surface area contributed by atoms with Crippen LogP contribution in [0, 0.1) is 34.0 Å². The zero-order chi connectivity index (χ0) is 34.5. The van der Waals surface area contributed by atoms with Crippen molar-refractivity contribution < 1.29 is 0 Å². The Hall–Kier alpha value is -7.39. The molecule has 7 aromatic carbocycles. The van der Waals surface area contributed by atoms with Crippen molar-refractivity contribution >= 4 is 43.6 Å². The first-order chi connectivity index (χ1) is 25.2. The molecule has 9 aromatic rings. The van der Waals surface area contributed by atoms with Crippen LogP contribution < -0.4 is 0 Å². The number of nitrogens with zero attached hydrogens (tertiary/aromatic N) is 5. The summed E-state index contributed by atoms with van der Waals surface area (Å²) in [5, 5.41) is 34.7. The molecule has 0 bridgehead atoms. The Morgan fingerprint density at radius 3 is 1.73 bits per heavy atom. The van der Waals surface area contributed by atoms with Crippen LogP contribution in [0.5, 0.6) is 0 Å². The maximum Gasteiger partial charge on any atom is 0.0998 e. The van der Waals surface area contributed by atoms with Crippen LogP contribution in [0.4, 0.5) is 0 Å². The molecule has 51 heavy (non-hydrogen) atoms. The number of aromatic nitrogens is 2. The van der Waals surface area contributed by atoms with Gasteiger partial charge in [-0.25, -0.2) is 0 Å². The van der Waals surface area contributed by atoms with E-state index >= 15 is 0 Å². The van der Waals surface area contributed by atoms with Crippen LogP contribution in [0.2, 0.25) is 0 Å².